The first-order valence-corrected chi connectivity index (χ1v) is 8.64. The molecule has 24 heavy (non-hydrogen) atoms. The first kappa shape index (κ1) is 16.7. The highest BCUT2D eigenvalue weighted by Crippen LogP contribution is 2.33. The van der Waals surface area contributed by atoms with Crippen molar-refractivity contribution in [3.05, 3.63) is 40.7 Å². The molecular formula is C17H20N2O4S. The maximum absolute atomic E-state index is 12.4. The Kier molecular flexibility index (Phi) is 4.47. The highest BCUT2D eigenvalue weighted by atomic mass is 32.1. The highest BCUT2D eigenvalue weighted by Gasteiger charge is 2.30. The van der Waals surface area contributed by atoms with Crippen LogP contribution in [0.1, 0.15) is 40.8 Å². The molecule has 7 heteroatoms. The first-order chi connectivity index (χ1) is 11.4. The van der Waals surface area contributed by atoms with Crippen molar-refractivity contribution >= 4 is 28.2 Å². The summed E-state index contributed by atoms with van der Waals surface area (Å²) in [6.07, 6.45) is 3.35. The fraction of sp³-hybridized carbons (Fsp3) is 0.412. The van der Waals surface area contributed by atoms with Crippen molar-refractivity contribution in [2.24, 2.45) is 5.92 Å². The standard InChI is InChI=1S/C17H20N2O4S/c1-10-8-13(19-15(20)11-5-6-11)24-14(10)16(21)18-9-17(2,22)12-4-3-7-23-12/h3-4,7-8,11,22H,5-6,9H2,1-2H3,(H,18,21)(H,19,20). The summed E-state index contributed by atoms with van der Waals surface area (Å²) in [5, 5.41) is 16.6. The SMILES string of the molecule is Cc1cc(NC(=O)C2CC2)sc1C(=O)NCC(C)(O)c1ccco1. The maximum Gasteiger partial charge on any atom is 0.261 e. The van der Waals surface area contributed by atoms with E-state index in [1.807, 2.05) is 6.92 Å². The normalized spacial score (nSPS) is 16.5. The van der Waals surface area contributed by atoms with E-state index in [0.29, 0.717) is 15.6 Å². The van der Waals surface area contributed by atoms with E-state index in [9.17, 15) is 14.7 Å². The number of carbonyl (C=O) groups is 2. The van der Waals surface area contributed by atoms with Crippen LogP contribution in [0.25, 0.3) is 0 Å². The minimum atomic E-state index is -1.28. The zero-order chi connectivity index (χ0) is 17.3. The topological polar surface area (TPSA) is 91.6 Å². The van der Waals surface area contributed by atoms with E-state index in [1.54, 1.807) is 25.1 Å². The van der Waals surface area contributed by atoms with Crippen LogP contribution < -0.4 is 10.6 Å². The number of thiophene rings is 1. The third kappa shape index (κ3) is 3.68. The molecule has 0 aromatic carbocycles. The Morgan fingerprint density at radius 3 is 2.83 bits per heavy atom. The summed E-state index contributed by atoms with van der Waals surface area (Å²) >= 11 is 1.24. The van der Waals surface area contributed by atoms with Gasteiger partial charge in [0.25, 0.3) is 5.91 Å². The van der Waals surface area contributed by atoms with E-state index >= 15 is 0 Å². The zero-order valence-electron chi connectivity index (χ0n) is 13.6. The van der Waals surface area contributed by atoms with Gasteiger partial charge in [-0.05, 0) is 50.5 Å². The van der Waals surface area contributed by atoms with Crippen LogP contribution in [-0.2, 0) is 10.4 Å². The summed E-state index contributed by atoms with van der Waals surface area (Å²) in [5.74, 6) is 0.247. The lowest BCUT2D eigenvalue weighted by Gasteiger charge is -2.21. The molecule has 0 radical (unpaired) electrons. The van der Waals surface area contributed by atoms with Crippen LogP contribution >= 0.6 is 11.3 Å². The van der Waals surface area contributed by atoms with Crippen LogP contribution in [0.4, 0.5) is 5.00 Å². The Bertz CT molecular complexity index is 745. The Hall–Kier alpha value is -2.12. The van der Waals surface area contributed by atoms with Crippen LogP contribution in [0, 0.1) is 12.8 Å². The molecule has 0 aliphatic heterocycles. The molecule has 1 aliphatic rings. The Labute approximate surface area is 143 Å². The van der Waals surface area contributed by atoms with Gasteiger partial charge >= 0.3 is 0 Å². The molecule has 1 fully saturated rings. The van der Waals surface area contributed by atoms with Crippen molar-refractivity contribution in [1.82, 2.24) is 5.32 Å². The van der Waals surface area contributed by atoms with E-state index in [4.69, 9.17) is 4.42 Å². The van der Waals surface area contributed by atoms with Crippen LogP contribution in [0.3, 0.4) is 0 Å². The molecule has 3 rings (SSSR count). The van der Waals surface area contributed by atoms with Gasteiger partial charge in [-0.15, -0.1) is 11.3 Å². The summed E-state index contributed by atoms with van der Waals surface area (Å²) < 4.78 is 5.19. The average Bonchev–Trinajstić information content (AvgIpc) is 3.10. The van der Waals surface area contributed by atoms with Crippen LogP contribution in [-0.4, -0.2) is 23.5 Å². The number of nitrogens with one attached hydrogen (secondary N) is 2. The minimum absolute atomic E-state index is 0.0176. The molecule has 2 heterocycles. The molecule has 3 N–H and O–H groups in total. The summed E-state index contributed by atoms with van der Waals surface area (Å²) in [7, 11) is 0. The number of hydrogen-bond donors (Lipinski definition) is 3. The summed E-state index contributed by atoms with van der Waals surface area (Å²) in [6.45, 7) is 3.43. The summed E-state index contributed by atoms with van der Waals surface area (Å²) in [6, 6.07) is 5.14. The van der Waals surface area contributed by atoms with E-state index in [0.717, 1.165) is 18.4 Å². The fourth-order valence-corrected chi connectivity index (χ4v) is 3.33. The minimum Gasteiger partial charge on any atom is -0.466 e. The molecule has 2 aromatic heterocycles. The van der Waals surface area contributed by atoms with Gasteiger partial charge in [0.05, 0.1) is 22.7 Å². The quantitative estimate of drug-likeness (QED) is 0.748. The Balaban J connectivity index is 1.62. The molecule has 2 aromatic rings. The molecule has 0 bridgehead atoms. The summed E-state index contributed by atoms with van der Waals surface area (Å²) in [5.41, 5.74) is -0.492. The van der Waals surface area contributed by atoms with E-state index < -0.39 is 5.60 Å². The molecule has 1 saturated carbocycles. The molecule has 1 atom stereocenters. The number of rotatable bonds is 6. The lowest BCUT2D eigenvalue weighted by Crippen LogP contribution is -2.38. The highest BCUT2D eigenvalue weighted by molar-refractivity contribution is 7.18. The lowest BCUT2D eigenvalue weighted by atomic mass is 10.0. The van der Waals surface area contributed by atoms with E-state index in [1.165, 1.54) is 17.6 Å². The van der Waals surface area contributed by atoms with E-state index in [2.05, 4.69) is 10.6 Å². The van der Waals surface area contributed by atoms with Gasteiger partial charge in [0.15, 0.2) is 0 Å². The van der Waals surface area contributed by atoms with Crippen molar-refractivity contribution in [2.45, 2.75) is 32.3 Å². The number of aliphatic hydroxyl groups is 1. The largest absolute Gasteiger partial charge is 0.466 e. The van der Waals surface area contributed by atoms with Crippen molar-refractivity contribution in [3.8, 4) is 0 Å². The molecule has 1 aliphatic carbocycles. The molecule has 128 valence electrons. The average molecular weight is 348 g/mol. The number of amides is 2. The van der Waals surface area contributed by atoms with Gasteiger partial charge in [0.2, 0.25) is 5.91 Å². The third-order valence-electron chi connectivity index (χ3n) is 3.96. The predicted octanol–water partition coefficient (Wildman–Crippen LogP) is 2.64. The number of anilines is 1. The van der Waals surface area contributed by atoms with Gasteiger partial charge in [-0.1, -0.05) is 0 Å². The molecule has 0 spiro atoms. The first-order valence-electron chi connectivity index (χ1n) is 7.82. The van der Waals surface area contributed by atoms with Crippen LogP contribution in [0.2, 0.25) is 0 Å². The monoisotopic (exact) mass is 348 g/mol. The van der Waals surface area contributed by atoms with Gasteiger partial charge in [0.1, 0.15) is 11.4 Å². The maximum atomic E-state index is 12.4. The van der Waals surface area contributed by atoms with Crippen molar-refractivity contribution in [1.29, 1.82) is 0 Å². The second-order valence-corrected chi connectivity index (χ2v) is 7.37. The number of carbonyl (C=O) groups excluding carboxylic acids is 2. The van der Waals surface area contributed by atoms with Crippen LogP contribution in [0.5, 0.6) is 0 Å². The van der Waals surface area contributed by atoms with E-state index in [-0.39, 0.29) is 24.3 Å². The third-order valence-corrected chi connectivity index (χ3v) is 5.12. The fourth-order valence-electron chi connectivity index (χ4n) is 2.34. The zero-order valence-corrected chi connectivity index (χ0v) is 14.4. The summed E-state index contributed by atoms with van der Waals surface area (Å²) in [4.78, 5) is 24.7. The van der Waals surface area contributed by atoms with Gasteiger partial charge in [-0.2, -0.15) is 0 Å². The Morgan fingerprint density at radius 2 is 2.21 bits per heavy atom. The van der Waals surface area contributed by atoms with Gasteiger partial charge in [-0.3, -0.25) is 9.59 Å². The van der Waals surface area contributed by atoms with Crippen LogP contribution in [0.15, 0.2) is 28.9 Å². The molecule has 1 unspecified atom stereocenters. The van der Waals surface area contributed by atoms with Crippen molar-refractivity contribution < 1.29 is 19.1 Å². The van der Waals surface area contributed by atoms with Crippen molar-refractivity contribution in [2.75, 3.05) is 11.9 Å². The molecule has 6 nitrogen and oxygen atoms in total. The smallest absolute Gasteiger partial charge is 0.261 e. The van der Waals surface area contributed by atoms with Crippen molar-refractivity contribution in [3.63, 3.8) is 0 Å². The Morgan fingerprint density at radius 1 is 1.46 bits per heavy atom. The number of aryl methyl sites for hydroxylation is 1. The van der Waals surface area contributed by atoms with Gasteiger partial charge in [-0.25, -0.2) is 0 Å². The van der Waals surface area contributed by atoms with Gasteiger partial charge in [0, 0.05) is 5.92 Å². The molecular weight excluding hydrogens is 328 g/mol. The second-order valence-electron chi connectivity index (χ2n) is 6.32. The second kappa shape index (κ2) is 6.41. The molecule has 0 saturated heterocycles. The predicted molar refractivity (Wildman–Crippen MR) is 91.0 cm³/mol. The lowest BCUT2D eigenvalue weighted by molar-refractivity contribution is -0.117. The number of hydrogen-bond acceptors (Lipinski definition) is 5. The number of furan rings is 1. The molecule has 2 amide bonds. The van der Waals surface area contributed by atoms with Gasteiger partial charge < -0.3 is 20.2 Å².